The first kappa shape index (κ1) is 50.5. The average molecular weight is 961 g/mol. The number of fused-ring (bicyclic) bond motifs is 6. The standard InChI is InChI=1S/C54H72N8O8/c1-10-61-44-17-16-35-28-40(44)41(47(61)39-14-11-20-55-45(39)33(4)69-9)29-53(5,6)31-70-51(67)42-15-12-22-62(58-42)50(66)43(26-34-24-37(35)27-38(63)25-34)57-48(64)46(32(2)3)59(8)49(65)36-18-23-60(30-36)52(68)54(7)19-13-21-56-54/h11,14,16-17,20,24-25,27-28,32-33,36,42-43,46,56,58,63H,10,12-13,15,18-19,21-23,26,29-31H2,1-9H3,(H,57,64)/t33-,36-,42-,43-,46?,54+/m0/s1. The Kier molecular flexibility index (Phi) is 14.8. The van der Waals surface area contributed by atoms with E-state index in [2.05, 4.69) is 59.6 Å². The fraction of sp³-hybridized carbons (Fsp3) is 0.556. The van der Waals surface area contributed by atoms with E-state index in [1.54, 1.807) is 37.4 Å². The van der Waals surface area contributed by atoms with Crippen molar-refractivity contribution in [3.05, 3.63) is 71.5 Å². The number of esters is 1. The van der Waals surface area contributed by atoms with Crippen molar-refractivity contribution in [1.29, 1.82) is 0 Å². The number of benzene rings is 2. The minimum Gasteiger partial charge on any atom is -0.508 e. The van der Waals surface area contributed by atoms with Gasteiger partial charge in [0, 0.05) is 74.8 Å². The van der Waals surface area contributed by atoms with Crippen LogP contribution >= 0.6 is 0 Å². The maximum Gasteiger partial charge on any atom is 0.324 e. The van der Waals surface area contributed by atoms with E-state index in [0.29, 0.717) is 44.3 Å². The highest BCUT2D eigenvalue weighted by molar-refractivity contribution is 5.96. The van der Waals surface area contributed by atoms with Gasteiger partial charge in [-0.3, -0.25) is 34.0 Å². The molecule has 2 aromatic heterocycles. The molecule has 3 saturated heterocycles. The van der Waals surface area contributed by atoms with Gasteiger partial charge in [-0.2, -0.15) is 0 Å². The zero-order valence-corrected chi connectivity index (χ0v) is 42.4. The van der Waals surface area contributed by atoms with Gasteiger partial charge in [0.25, 0.3) is 5.91 Å². The maximum absolute atomic E-state index is 14.8. The molecule has 3 fully saturated rings. The summed E-state index contributed by atoms with van der Waals surface area (Å²) < 4.78 is 14.2. The van der Waals surface area contributed by atoms with Gasteiger partial charge in [0.1, 0.15) is 23.9 Å². The van der Waals surface area contributed by atoms with Crippen molar-refractivity contribution in [2.75, 3.05) is 46.9 Å². The molecule has 16 heteroatoms. The number of hydrogen-bond donors (Lipinski definition) is 4. The third-order valence-electron chi connectivity index (χ3n) is 15.0. The van der Waals surface area contributed by atoms with E-state index in [9.17, 15) is 29.1 Å². The number of likely N-dealkylation sites (tertiary alicyclic amines) is 1. The van der Waals surface area contributed by atoms with Crippen LogP contribution in [-0.4, -0.2) is 130 Å². The molecule has 16 nitrogen and oxygen atoms in total. The van der Waals surface area contributed by atoms with Gasteiger partial charge in [-0.1, -0.05) is 39.8 Å². The van der Waals surface area contributed by atoms with Crippen molar-refractivity contribution < 1.29 is 38.6 Å². The van der Waals surface area contributed by atoms with Gasteiger partial charge < -0.3 is 39.6 Å². The Morgan fingerprint density at radius 3 is 2.53 bits per heavy atom. The number of hydrazine groups is 1. The second-order valence-corrected chi connectivity index (χ2v) is 21.3. The highest BCUT2D eigenvalue weighted by Gasteiger charge is 2.44. The summed E-state index contributed by atoms with van der Waals surface area (Å²) in [6.45, 7) is 16.4. The zero-order valence-electron chi connectivity index (χ0n) is 42.4. The highest BCUT2D eigenvalue weighted by Crippen LogP contribution is 2.42. The Balaban J connectivity index is 1.16. The Labute approximate surface area is 411 Å². The van der Waals surface area contributed by atoms with E-state index in [0.717, 1.165) is 63.9 Å². The van der Waals surface area contributed by atoms with E-state index in [4.69, 9.17) is 14.5 Å². The zero-order chi connectivity index (χ0) is 50.2. The summed E-state index contributed by atoms with van der Waals surface area (Å²) in [5.41, 5.74) is 8.93. The third kappa shape index (κ3) is 10.2. The summed E-state index contributed by atoms with van der Waals surface area (Å²) in [6.07, 6.45) is 5.12. The molecule has 4 amide bonds. The molecule has 6 heterocycles. The lowest BCUT2D eigenvalue weighted by atomic mass is 9.84. The number of carbonyl (C=O) groups is 5. The largest absolute Gasteiger partial charge is 0.508 e. The Bertz CT molecular complexity index is 2640. The number of methoxy groups -OCH3 is 1. The molecule has 0 aliphatic carbocycles. The summed E-state index contributed by atoms with van der Waals surface area (Å²) in [4.78, 5) is 79.3. The lowest BCUT2D eigenvalue weighted by molar-refractivity contribution is -0.155. The molecular formula is C54H72N8O8. The number of phenolic OH excluding ortho intramolecular Hbond substituents is 1. The number of hydrogen-bond acceptors (Lipinski definition) is 11. The normalized spacial score (nSPS) is 23.8. The van der Waals surface area contributed by atoms with Gasteiger partial charge >= 0.3 is 5.97 Å². The molecule has 0 saturated carbocycles. The lowest BCUT2D eigenvalue weighted by Gasteiger charge is -2.37. The Morgan fingerprint density at radius 1 is 1.03 bits per heavy atom. The number of ether oxygens (including phenoxy) is 2. The predicted molar refractivity (Wildman–Crippen MR) is 267 cm³/mol. The predicted octanol–water partition coefficient (Wildman–Crippen LogP) is 5.93. The Morgan fingerprint density at radius 2 is 1.81 bits per heavy atom. The molecule has 376 valence electrons. The summed E-state index contributed by atoms with van der Waals surface area (Å²) in [6, 6.07) is 12.6. The van der Waals surface area contributed by atoms with Crippen molar-refractivity contribution in [2.24, 2.45) is 17.3 Å². The number of pyridine rings is 1. The first-order chi connectivity index (χ1) is 33.3. The van der Waals surface area contributed by atoms with E-state index < -0.39 is 52.8 Å². The SMILES string of the molecule is CCn1c(-c2cccnc2[C@H](C)OC)c2c3cc(ccc31)-c1cc(O)cc(c1)C[C@H](NC(=O)C(C(C)C)N(C)C(=O)[C@H]1CCN(C(=O)[C@@]3(C)CCCN3)C1)C(=O)N1CCC[C@H](N1)C(=O)OCC(C)(C)C2. The second kappa shape index (κ2) is 20.5. The van der Waals surface area contributed by atoms with Gasteiger partial charge in [0.2, 0.25) is 17.7 Å². The van der Waals surface area contributed by atoms with Gasteiger partial charge in [-0.15, -0.1) is 0 Å². The number of rotatable bonds is 10. The van der Waals surface area contributed by atoms with E-state index in [1.165, 1.54) is 9.91 Å². The number of phenols is 1. The number of nitrogens with one attached hydrogen (secondary N) is 3. The summed E-state index contributed by atoms with van der Waals surface area (Å²) >= 11 is 0. The molecule has 2 aromatic carbocycles. The lowest BCUT2D eigenvalue weighted by Crippen LogP contribution is -2.62. The fourth-order valence-electron chi connectivity index (χ4n) is 11.2. The monoisotopic (exact) mass is 961 g/mol. The van der Waals surface area contributed by atoms with E-state index in [1.807, 2.05) is 45.9 Å². The van der Waals surface area contributed by atoms with Crippen molar-refractivity contribution in [3.8, 4) is 28.1 Å². The number of carbonyl (C=O) groups excluding carboxylic acids is 5. The summed E-state index contributed by atoms with van der Waals surface area (Å²) in [7, 11) is 3.29. The van der Waals surface area contributed by atoms with Crippen LogP contribution in [0.3, 0.4) is 0 Å². The molecular weight excluding hydrogens is 889 g/mol. The number of aromatic hydroxyl groups is 1. The second-order valence-electron chi connectivity index (χ2n) is 21.3. The van der Waals surface area contributed by atoms with Crippen LogP contribution in [0.2, 0.25) is 0 Å². The molecule has 4 N–H and O–H groups in total. The van der Waals surface area contributed by atoms with Crippen LogP contribution in [0.4, 0.5) is 0 Å². The highest BCUT2D eigenvalue weighted by atomic mass is 16.5. The topological polar surface area (TPSA) is 188 Å². The quantitative estimate of drug-likeness (QED) is 0.138. The minimum atomic E-state index is -1.16. The van der Waals surface area contributed by atoms with Crippen LogP contribution in [0, 0.1) is 17.3 Å². The molecule has 1 unspecified atom stereocenters. The smallest absolute Gasteiger partial charge is 0.324 e. The van der Waals surface area contributed by atoms with Crippen LogP contribution in [0.1, 0.15) is 103 Å². The molecule has 6 bridgehead atoms. The van der Waals surface area contributed by atoms with Crippen LogP contribution in [0.5, 0.6) is 5.75 Å². The third-order valence-corrected chi connectivity index (χ3v) is 15.0. The molecule has 4 aliphatic heterocycles. The summed E-state index contributed by atoms with van der Waals surface area (Å²) in [5, 5.41) is 20.2. The van der Waals surface area contributed by atoms with Crippen molar-refractivity contribution in [3.63, 3.8) is 0 Å². The van der Waals surface area contributed by atoms with Crippen molar-refractivity contribution in [2.45, 2.75) is 130 Å². The van der Waals surface area contributed by atoms with Crippen LogP contribution < -0.4 is 16.1 Å². The number of aromatic nitrogens is 2. The van der Waals surface area contributed by atoms with Gasteiger partial charge in [-0.05, 0) is 130 Å². The van der Waals surface area contributed by atoms with E-state index >= 15 is 0 Å². The van der Waals surface area contributed by atoms with Crippen LogP contribution in [0.25, 0.3) is 33.3 Å². The van der Waals surface area contributed by atoms with Gasteiger partial charge in [0.15, 0.2) is 0 Å². The van der Waals surface area contributed by atoms with E-state index in [-0.39, 0.29) is 55.7 Å². The average Bonchev–Trinajstić information content (AvgIpc) is 4.09. The molecule has 0 radical (unpaired) electrons. The maximum atomic E-state index is 14.8. The fourth-order valence-corrected chi connectivity index (χ4v) is 11.2. The number of cyclic esters (lactones) is 1. The van der Waals surface area contributed by atoms with Crippen molar-refractivity contribution in [1.82, 2.24) is 40.4 Å². The molecule has 6 atom stereocenters. The number of nitrogens with zero attached hydrogens (tertiary/aromatic N) is 5. The minimum absolute atomic E-state index is 0.00572. The number of amides is 4. The van der Waals surface area contributed by atoms with Crippen LogP contribution in [-0.2, 0) is 52.8 Å². The molecule has 0 spiro atoms. The van der Waals surface area contributed by atoms with Crippen molar-refractivity contribution >= 4 is 40.5 Å². The first-order valence-corrected chi connectivity index (χ1v) is 25.1. The first-order valence-electron chi connectivity index (χ1n) is 25.1. The van der Waals surface area contributed by atoms with Crippen LogP contribution in [0.15, 0.2) is 54.7 Å². The molecule has 70 heavy (non-hydrogen) atoms. The molecule has 4 aromatic rings. The number of aryl methyl sites for hydroxylation is 1. The molecule has 8 rings (SSSR count). The van der Waals surface area contributed by atoms with Gasteiger partial charge in [0.05, 0.1) is 35.6 Å². The Hall–Kier alpha value is -5.84. The molecule has 4 aliphatic rings. The number of likely N-dealkylation sites (N-methyl/N-ethyl adjacent to an activating group) is 1. The summed E-state index contributed by atoms with van der Waals surface area (Å²) in [5.74, 6) is -2.54. The van der Waals surface area contributed by atoms with Gasteiger partial charge in [-0.25, -0.2) is 5.43 Å².